The number of carbonyl (C=O) groups is 2. The van der Waals surface area contributed by atoms with Gasteiger partial charge in [0.2, 0.25) is 10.9 Å². The van der Waals surface area contributed by atoms with Crippen molar-refractivity contribution < 1.29 is 19.1 Å². The molecule has 4 aromatic rings. The topological polar surface area (TPSA) is 109 Å². The van der Waals surface area contributed by atoms with Crippen molar-refractivity contribution in [3.63, 3.8) is 0 Å². The van der Waals surface area contributed by atoms with Crippen molar-refractivity contribution in [1.29, 1.82) is 0 Å². The second-order valence-corrected chi connectivity index (χ2v) is 11.2. The number of aryl methyl sites for hydroxylation is 2. The molecular formula is C24H18FN5O3S3. The summed E-state index contributed by atoms with van der Waals surface area (Å²) in [6.45, 7) is 3.50. The molecule has 0 spiro atoms. The highest BCUT2D eigenvalue weighted by molar-refractivity contribution is 8.00. The second kappa shape index (κ2) is 9.88. The summed E-state index contributed by atoms with van der Waals surface area (Å²) in [7, 11) is 0. The van der Waals surface area contributed by atoms with Crippen LogP contribution >= 0.6 is 34.4 Å². The largest absolute Gasteiger partial charge is 0.503 e. The maximum Gasteiger partial charge on any atom is 0.296 e. The predicted molar refractivity (Wildman–Crippen MR) is 136 cm³/mol. The third-order valence-corrected chi connectivity index (χ3v) is 8.67. The molecule has 0 saturated heterocycles. The first-order valence-electron chi connectivity index (χ1n) is 10.7. The molecule has 0 aliphatic carbocycles. The first-order valence-corrected chi connectivity index (χ1v) is 13.3. The molecule has 4 heterocycles. The Hall–Kier alpha value is -3.48. The summed E-state index contributed by atoms with van der Waals surface area (Å²) in [5.74, 6) is -1.83. The summed E-state index contributed by atoms with van der Waals surface area (Å²) in [6.07, 6.45) is 3.10. The molecule has 182 valence electrons. The predicted octanol–water partition coefficient (Wildman–Crippen LogP) is 5.22. The average molecular weight is 540 g/mol. The Kier molecular flexibility index (Phi) is 6.65. The van der Waals surface area contributed by atoms with E-state index in [0.29, 0.717) is 36.8 Å². The van der Waals surface area contributed by atoms with Crippen molar-refractivity contribution in [1.82, 2.24) is 20.2 Å². The van der Waals surface area contributed by atoms with Gasteiger partial charge < -0.3 is 5.11 Å². The highest BCUT2D eigenvalue weighted by Crippen LogP contribution is 2.44. The molecule has 36 heavy (non-hydrogen) atoms. The number of thioether (sulfide) groups is 1. The molecule has 5 rings (SSSR count). The molecule has 8 nitrogen and oxygen atoms in total. The summed E-state index contributed by atoms with van der Waals surface area (Å²) in [4.78, 5) is 36.8. The number of amides is 1. The van der Waals surface area contributed by atoms with E-state index in [4.69, 9.17) is 0 Å². The fourth-order valence-electron chi connectivity index (χ4n) is 3.87. The van der Waals surface area contributed by atoms with Crippen molar-refractivity contribution in [2.75, 3.05) is 4.90 Å². The van der Waals surface area contributed by atoms with E-state index < -0.39 is 23.5 Å². The van der Waals surface area contributed by atoms with Gasteiger partial charge >= 0.3 is 0 Å². The van der Waals surface area contributed by atoms with Crippen LogP contribution in [0.5, 0.6) is 0 Å². The van der Waals surface area contributed by atoms with E-state index in [1.165, 1.54) is 34.1 Å². The number of halogens is 1. The molecule has 1 aliphatic heterocycles. The molecule has 3 aromatic heterocycles. The Morgan fingerprint density at radius 1 is 1.14 bits per heavy atom. The van der Waals surface area contributed by atoms with Gasteiger partial charge in [-0.2, -0.15) is 0 Å². The quantitative estimate of drug-likeness (QED) is 0.193. The maximum absolute atomic E-state index is 14.0. The molecule has 0 fully saturated rings. The number of aliphatic hydroxyl groups is 1. The minimum atomic E-state index is -0.924. The lowest BCUT2D eigenvalue weighted by Gasteiger charge is -2.23. The van der Waals surface area contributed by atoms with Crippen LogP contribution in [0.2, 0.25) is 0 Å². The summed E-state index contributed by atoms with van der Waals surface area (Å²) in [6, 6.07) is 8.89. The lowest BCUT2D eigenvalue weighted by atomic mass is 9.96. The normalized spacial score (nSPS) is 15.7. The molecule has 1 aromatic carbocycles. The van der Waals surface area contributed by atoms with Crippen LogP contribution < -0.4 is 4.90 Å². The number of aliphatic hydroxyl groups excluding tert-OH is 1. The van der Waals surface area contributed by atoms with E-state index in [1.807, 2.05) is 0 Å². The van der Waals surface area contributed by atoms with Crippen LogP contribution in [0, 0.1) is 19.7 Å². The number of pyridine rings is 1. The number of benzene rings is 1. The van der Waals surface area contributed by atoms with Crippen LogP contribution in [0.15, 0.2) is 64.5 Å². The minimum Gasteiger partial charge on any atom is -0.503 e. The van der Waals surface area contributed by atoms with Crippen LogP contribution in [0.4, 0.5) is 9.52 Å². The van der Waals surface area contributed by atoms with Gasteiger partial charge in [0.15, 0.2) is 10.1 Å². The van der Waals surface area contributed by atoms with Gasteiger partial charge in [0, 0.05) is 18.1 Å². The summed E-state index contributed by atoms with van der Waals surface area (Å²) >= 11 is 3.62. The van der Waals surface area contributed by atoms with Gasteiger partial charge in [0.25, 0.3) is 5.91 Å². The third-order valence-electron chi connectivity index (χ3n) is 5.50. The van der Waals surface area contributed by atoms with Crippen molar-refractivity contribution in [3.05, 3.63) is 92.6 Å². The zero-order valence-electron chi connectivity index (χ0n) is 19.0. The number of hydrogen-bond acceptors (Lipinski definition) is 10. The average Bonchev–Trinajstić information content (AvgIpc) is 3.55. The molecule has 1 N–H and O–H groups in total. The minimum absolute atomic E-state index is 0.0475. The lowest BCUT2D eigenvalue weighted by Crippen LogP contribution is -2.31. The molecular weight excluding hydrogens is 521 g/mol. The van der Waals surface area contributed by atoms with Crippen molar-refractivity contribution >= 4 is 51.3 Å². The maximum atomic E-state index is 14.0. The number of hydrogen-bond donors (Lipinski definition) is 1. The van der Waals surface area contributed by atoms with Gasteiger partial charge in [-0.05, 0) is 43.2 Å². The Morgan fingerprint density at radius 2 is 1.89 bits per heavy atom. The number of carbonyl (C=O) groups excluding carboxylic acids is 2. The molecule has 1 atom stereocenters. The first-order chi connectivity index (χ1) is 17.3. The van der Waals surface area contributed by atoms with E-state index >= 15 is 0 Å². The zero-order valence-corrected chi connectivity index (χ0v) is 21.5. The smallest absolute Gasteiger partial charge is 0.296 e. The van der Waals surface area contributed by atoms with Crippen LogP contribution in [0.1, 0.15) is 37.5 Å². The molecule has 1 amide bonds. The highest BCUT2D eigenvalue weighted by Gasteiger charge is 2.46. The first kappa shape index (κ1) is 24.2. The summed E-state index contributed by atoms with van der Waals surface area (Å²) in [5.41, 5.74) is 1.59. The summed E-state index contributed by atoms with van der Waals surface area (Å²) < 4.78 is 14.5. The number of rotatable bonds is 7. The van der Waals surface area contributed by atoms with Crippen molar-refractivity contribution in [2.45, 2.75) is 30.0 Å². The fourth-order valence-corrected chi connectivity index (χ4v) is 6.60. The van der Waals surface area contributed by atoms with Gasteiger partial charge in [-0.1, -0.05) is 41.3 Å². The molecule has 0 saturated carbocycles. The third kappa shape index (κ3) is 4.43. The zero-order chi connectivity index (χ0) is 25.4. The number of ketones is 1. The van der Waals surface area contributed by atoms with Crippen LogP contribution in [0.25, 0.3) is 0 Å². The molecule has 1 aliphatic rings. The van der Waals surface area contributed by atoms with Crippen molar-refractivity contribution in [2.24, 2.45) is 0 Å². The van der Waals surface area contributed by atoms with Gasteiger partial charge in [-0.15, -0.1) is 21.5 Å². The molecule has 0 radical (unpaired) electrons. The molecule has 12 heteroatoms. The monoisotopic (exact) mass is 539 g/mol. The van der Waals surface area contributed by atoms with E-state index in [0.717, 1.165) is 11.3 Å². The van der Waals surface area contributed by atoms with Crippen LogP contribution in [-0.2, 0) is 10.5 Å². The van der Waals surface area contributed by atoms with Gasteiger partial charge in [0.1, 0.15) is 5.82 Å². The van der Waals surface area contributed by atoms with Gasteiger partial charge in [-0.3, -0.25) is 19.5 Å². The molecule has 0 bridgehead atoms. The second-order valence-electron chi connectivity index (χ2n) is 7.83. The standard InChI is InChI=1S/C24H18FN5O3S3/c1-12-21(35-13(2)27-12)19(31)17-18(14-7-9-26-10-8-14)30(22(33)20(17)32)23-28-29-24(36-23)34-11-15-5-3-4-6-16(15)25/h3-10,18,32H,11H2,1-2H3. The van der Waals surface area contributed by atoms with Crippen LogP contribution in [-0.4, -0.2) is 37.0 Å². The number of Topliss-reactive ketones (excluding diaryl/α,β-unsaturated/α-hetero) is 1. The number of nitrogens with zero attached hydrogens (tertiary/aromatic N) is 5. The van der Waals surface area contributed by atoms with E-state index in [1.54, 1.807) is 56.6 Å². The lowest BCUT2D eigenvalue weighted by molar-refractivity contribution is -0.117. The Balaban J connectivity index is 1.50. The molecule has 1 unspecified atom stereocenters. The van der Waals surface area contributed by atoms with Crippen LogP contribution in [0.3, 0.4) is 0 Å². The van der Waals surface area contributed by atoms with E-state index in [9.17, 15) is 19.1 Å². The Morgan fingerprint density at radius 3 is 2.58 bits per heavy atom. The fraction of sp³-hybridized carbons (Fsp3) is 0.167. The number of thiazole rings is 1. The van der Waals surface area contributed by atoms with E-state index in [-0.39, 0.29) is 16.5 Å². The van der Waals surface area contributed by atoms with Gasteiger partial charge in [0.05, 0.1) is 27.2 Å². The number of aromatic nitrogens is 4. The Bertz CT molecular complexity index is 1500. The van der Waals surface area contributed by atoms with E-state index in [2.05, 4.69) is 20.2 Å². The highest BCUT2D eigenvalue weighted by atomic mass is 32.2. The SMILES string of the molecule is Cc1nc(C)c(C(=O)C2=C(O)C(=O)N(c3nnc(SCc4ccccc4F)s3)C2c2ccncc2)s1. The Labute approximate surface area is 217 Å². The van der Waals surface area contributed by atoms with Crippen molar-refractivity contribution in [3.8, 4) is 0 Å². The number of anilines is 1. The van der Waals surface area contributed by atoms with Gasteiger partial charge in [-0.25, -0.2) is 9.37 Å². The summed E-state index contributed by atoms with van der Waals surface area (Å²) in [5, 5.41) is 20.1.